The van der Waals surface area contributed by atoms with Crippen LogP contribution < -0.4 is 0 Å². The highest BCUT2D eigenvalue weighted by Gasteiger charge is 2.67. The van der Waals surface area contributed by atoms with E-state index in [2.05, 4.69) is 11.8 Å². The van der Waals surface area contributed by atoms with Crippen molar-refractivity contribution in [2.75, 3.05) is 32.8 Å². The zero-order valence-corrected chi connectivity index (χ0v) is 26.9. The van der Waals surface area contributed by atoms with Crippen LogP contribution in [-0.2, 0) is 9.47 Å². The molecule has 1 aliphatic heterocycles. The number of hydrogen-bond donors (Lipinski definition) is 0. The lowest BCUT2D eigenvalue weighted by Gasteiger charge is -2.69. The Morgan fingerprint density at radius 2 is 1.45 bits per heavy atom. The van der Waals surface area contributed by atoms with E-state index in [1.54, 1.807) is 0 Å². The lowest BCUT2D eigenvalue weighted by Crippen LogP contribution is -2.67. The van der Waals surface area contributed by atoms with E-state index in [-0.39, 0.29) is 34.2 Å². The second kappa shape index (κ2) is 12.0. The zero-order chi connectivity index (χ0) is 33.0. The minimum absolute atomic E-state index is 0.0467. The predicted octanol–water partition coefficient (Wildman–Crippen LogP) is 6.84. The minimum atomic E-state index is -0.484. The molecule has 1 saturated heterocycles. The lowest BCUT2D eigenvalue weighted by molar-refractivity contribution is -0.385. The number of benzene rings is 2. The molecule has 11 heteroatoms. The molecule has 7 rings (SSSR count). The molecule has 250 valence electrons. The third kappa shape index (κ3) is 5.60. The van der Waals surface area contributed by atoms with Crippen molar-refractivity contribution in [2.45, 2.75) is 64.7 Å². The van der Waals surface area contributed by atoms with Gasteiger partial charge in [0.15, 0.2) is 0 Å². The number of fused-ring (bicyclic) bond motifs is 1. The Balaban J connectivity index is 1.01. The first-order valence-corrected chi connectivity index (χ1v) is 17.1. The van der Waals surface area contributed by atoms with Gasteiger partial charge in [-0.3, -0.25) is 25.1 Å². The highest BCUT2D eigenvalue weighted by atomic mass is 16.6. The van der Waals surface area contributed by atoms with Gasteiger partial charge in [-0.25, -0.2) is 9.59 Å². The number of carbonyl (C=O) groups is 2. The third-order valence-corrected chi connectivity index (χ3v) is 12.9. The molecule has 4 saturated carbocycles. The van der Waals surface area contributed by atoms with Crippen LogP contribution in [0.15, 0.2) is 48.5 Å². The summed E-state index contributed by atoms with van der Waals surface area (Å²) in [6.07, 6.45) is 10.9. The fourth-order valence-corrected chi connectivity index (χ4v) is 11.3. The van der Waals surface area contributed by atoms with Crippen molar-refractivity contribution in [2.24, 2.45) is 39.9 Å². The van der Waals surface area contributed by atoms with Crippen LogP contribution in [0.25, 0.3) is 0 Å². The number of ether oxygens (including phenoxy) is 2. The molecule has 7 atom stereocenters. The first-order chi connectivity index (χ1) is 22.5. The normalized spacial score (nSPS) is 34.1. The van der Waals surface area contributed by atoms with Gasteiger partial charge in [0, 0.05) is 43.9 Å². The molecular weight excluding hydrogens is 602 g/mol. The van der Waals surface area contributed by atoms with Gasteiger partial charge >= 0.3 is 11.9 Å². The van der Waals surface area contributed by atoms with E-state index in [9.17, 15) is 29.8 Å². The maximum Gasteiger partial charge on any atom is 0.338 e. The van der Waals surface area contributed by atoms with E-state index in [1.165, 1.54) is 93.5 Å². The zero-order valence-electron chi connectivity index (χ0n) is 26.9. The molecule has 4 aliphatic carbocycles. The summed E-state index contributed by atoms with van der Waals surface area (Å²) < 4.78 is 11.5. The molecule has 0 unspecified atom stereocenters. The SMILES string of the molecule is C[C@]12CCC[C@]3(CN(CCOC(=O)c4ccc([N+](=O)[O-])cc4)C1)[C@@H]2CC[C@@]12C[C@@H](CC[C@H]13)[C@H](COC(=O)c1ccc([N+](=O)[O-])cc1)C2. The standard InChI is InChI=1S/C36H43N3O8/c1-34-14-2-15-36(23-37(22-34)17-18-46-32(40)24-3-8-28(9-4-24)38(42)43)30(34)13-16-35-19-26(7-12-31(35)36)27(20-35)21-47-33(41)25-5-10-29(11-6-25)39(44)45/h3-6,8-11,26-27,30-31H,2,7,12-23H2,1H3/t26-,27+,30-,31-,34+,35+,36+/m1/s1. The van der Waals surface area contributed by atoms with Gasteiger partial charge in [0.2, 0.25) is 0 Å². The van der Waals surface area contributed by atoms with E-state index in [4.69, 9.17) is 9.47 Å². The fraction of sp³-hybridized carbons (Fsp3) is 0.611. The van der Waals surface area contributed by atoms with Crippen LogP contribution in [-0.4, -0.2) is 59.5 Å². The van der Waals surface area contributed by atoms with Crippen molar-refractivity contribution in [1.29, 1.82) is 0 Å². The van der Waals surface area contributed by atoms with Crippen molar-refractivity contribution in [3.05, 3.63) is 79.9 Å². The Labute approximate surface area is 274 Å². The average Bonchev–Trinajstić information content (AvgIpc) is 3.31. The number of rotatable bonds is 9. The maximum absolute atomic E-state index is 12.8. The Kier molecular flexibility index (Phi) is 8.09. The lowest BCUT2D eigenvalue weighted by atomic mass is 9.39. The Morgan fingerprint density at radius 3 is 2.09 bits per heavy atom. The molecule has 5 fully saturated rings. The summed E-state index contributed by atoms with van der Waals surface area (Å²) in [6, 6.07) is 11.2. The van der Waals surface area contributed by atoms with E-state index in [1.807, 2.05) is 0 Å². The molecule has 2 aromatic rings. The van der Waals surface area contributed by atoms with Gasteiger partial charge < -0.3 is 9.47 Å². The summed E-state index contributed by atoms with van der Waals surface area (Å²) >= 11 is 0. The van der Waals surface area contributed by atoms with Crippen molar-refractivity contribution in [1.82, 2.24) is 4.90 Å². The van der Waals surface area contributed by atoms with E-state index in [0.29, 0.717) is 48.0 Å². The van der Waals surface area contributed by atoms with E-state index in [0.717, 1.165) is 25.9 Å². The van der Waals surface area contributed by atoms with Gasteiger partial charge in [-0.1, -0.05) is 13.3 Å². The second-order valence-electron chi connectivity index (χ2n) is 15.3. The van der Waals surface area contributed by atoms with Crippen molar-refractivity contribution >= 4 is 23.3 Å². The molecular formula is C36H43N3O8. The number of likely N-dealkylation sites (tertiary alicyclic amines) is 1. The van der Waals surface area contributed by atoms with Gasteiger partial charge in [-0.15, -0.1) is 0 Å². The number of carbonyl (C=O) groups excluding carboxylic acids is 2. The molecule has 0 aromatic heterocycles. The van der Waals surface area contributed by atoms with E-state index >= 15 is 0 Å². The largest absolute Gasteiger partial charge is 0.462 e. The van der Waals surface area contributed by atoms with Crippen LogP contribution in [0.1, 0.15) is 85.4 Å². The van der Waals surface area contributed by atoms with Gasteiger partial charge in [0.25, 0.3) is 11.4 Å². The molecule has 4 bridgehead atoms. The Morgan fingerprint density at radius 1 is 0.809 bits per heavy atom. The molecule has 1 heterocycles. The van der Waals surface area contributed by atoms with Gasteiger partial charge in [0.05, 0.1) is 27.6 Å². The third-order valence-electron chi connectivity index (χ3n) is 12.9. The number of non-ortho nitro benzene ring substituents is 2. The highest BCUT2D eigenvalue weighted by molar-refractivity contribution is 5.90. The Hall–Kier alpha value is -3.86. The van der Waals surface area contributed by atoms with Crippen LogP contribution in [0.5, 0.6) is 0 Å². The Bertz CT molecular complexity index is 1560. The first-order valence-electron chi connectivity index (χ1n) is 17.1. The molecule has 0 amide bonds. The van der Waals surface area contributed by atoms with Crippen LogP contribution in [0, 0.1) is 60.1 Å². The number of esters is 2. The molecule has 0 radical (unpaired) electrons. The van der Waals surface area contributed by atoms with Crippen molar-refractivity contribution < 1.29 is 28.9 Å². The van der Waals surface area contributed by atoms with Crippen LogP contribution in [0.3, 0.4) is 0 Å². The maximum atomic E-state index is 12.8. The van der Waals surface area contributed by atoms with Crippen molar-refractivity contribution in [3.8, 4) is 0 Å². The number of hydrogen-bond acceptors (Lipinski definition) is 9. The first kappa shape index (κ1) is 31.7. The number of piperidine rings is 1. The molecule has 0 N–H and O–H groups in total. The number of nitro benzene ring substituents is 2. The van der Waals surface area contributed by atoms with Crippen LogP contribution >= 0.6 is 0 Å². The van der Waals surface area contributed by atoms with E-state index < -0.39 is 21.8 Å². The highest BCUT2D eigenvalue weighted by Crippen LogP contribution is 2.73. The van der Waals surface area contributed by atoms with Gasteiger partial charge in [-0.05, 0) is 116 Å². The average molecular weight is 646 g/mol. The summed E-state index contributed by atoms with van der Waals surface area (Å²) in [4.78, 5) is 49.1. The smallest absolute Gasteiger partial charge is 0.338 e. The number of nitrogens with zero attached hydrogens (tertiary/aromatic N) is 3. The molecule has 11 nitrogen and oxygen atoms in total. The molecule has 5 aliphatic rings. The summed E-state index contributed by atoms with van der Waals surface area (Å²) in [5.74, 6) is 1.33. The van der Waals surface area contributed by atoms with Gasteiger partial charge in [0.1, 0.15) is 6.61 Å². The molecule has 47 heavy (non-hydrogen) atoms. The van der Waals surface area contributed by atoms with Crippen molar-refractivity contribution in [3.63, 3.8) is 0 Å². The van der Waals surface area contributed by atoms with Crippen LogP contribution in [0.4, 0.5) is 11.4 Å². The molecule has 2 aromatic carbocycles. The second-order valence-corrected chi connectivity index (χ2v) is 15.3. The minimum Gasteiger partial charge on any atom is -0.462 e. The van der Waals surface area contributed by atoms with Gasteiger partial charge in [-0.2, -0.15) is 0 Å². The van der Waals surface area contributed by atoms with Crippen LogP contribution in [0.2, 0.25) is 0 Å². The summed E-state index contributed by atoms with van der Waals surface area (Å²) in [5.41, 5.74) is 1.30. The quantitative estimate of drug-likeness (QED) is 0.163. The summed E-state index contributed by atoms with van der Waals surface area (Å²) in [7, 11) is 0. The fourth-order valence-electron chi connectivity index (χ4n) is 11.3. The summed E-state index contributed by atoms with van der Waals surface area (Å²) in [6.45, 7) is 5.88. The summed E-state index contributed by atoms with van der Waals surface area (Å²) in [5, 5.41) is 21.9. The number of nitro groups is 2. The molecule has 1 spiro atoms. The monoisotopic (exact) mass is 645 g/mol. The topological polar surface area (TPSA) is 142 Å². The predicted molar refractivity (Wildman–Crippen MR) is 172 cm³/mol.